The van der Waals surface area contributed by atoms with Crippen LogP contribution in [0.2, 0.25) is 13.1 Å². The zero-order chi connectivity index (χ0) is 20.4. The van der Waals surface area contributed by atoms with Crippen molar-refractivity contribution in [2.24, 2.45) is 0 Å². The average Bonchev–Trinajstić information content (AvgIpc) is 3.13. The van der Waals surface area contributed by atoms with Crippen LogP contribution in [0, 0.1) is 0 Å². The summed E-state index contributed by atoms with van der Waals surface area (Å²) in [6, 6.07) is 14.8. The molecular weight excluding hydrogens is 366 g/mol. The molecule has 2 heteroatoms. The third kappa shape index (κ3) is 2.99. The number of allylic oxidation sites excluding steroid dienone is 1. The van der Waals surface area contributed by atoms with Crippen molar-refractivity contribution < 1.29 is 0 Å². The fourth-order valence-electron chi connectivity index (χ4n) is 6.54. The molecule has 3 aliphatic rings. The molecule has 0 aromatic heterocycles. The van der Waals surface area contributed by atoms with Gasteiger partial charge < -0.3 is 4.98 Å². The van der Waals surface area contributed by atoms with Crippen molar-refractivity contribution in [1.29, 1.82) is 0 Å². The van der Waals surface area contributed by atoms with E-state index in [0.29, 0.717) is 5.54 Å². The summed E-state index contributed by atoms with van der Waals surface area (Å²) in [7, 11) is -1.65. The second kappa shape index (κ2) is 6.68. The Morgan fingerprint density at radius 3 is 2.41 bits per heavy atom. The summed E-state index contributed by atoms with van der Waals surface area (Å²) in [4.78, 5) is 4.21. The van der Waals surface area contributed by atoms with E-state index in [-0.39, 0.29) is 5.41 Å². The van der Waals surface area contributed by atoms with E-state index in [0.717, 1.165) is 6.04 Å². The molecule has 0 bridgehead atoms. The molecule has 0 spiro atoms. The van der Waals surface area contributed by atoms with Gasteiger partial charge in [-0.2, -0.15) is 0 Å². The van der Waals surface area contributed by atoms with Gasteiger partial charge in [0.1, 0.15) is 8.24 Å². The van der Waals surface area contributed by atoms with E-state index in [1.807, 2.05) is 0 Å². The van der Waals surface area contributed by atoms with Crippen molar-refractivity contribution in [1.82, 2.24) is 4.98 Å². The average molecular weight is 402 g/mol. The molecule has 3 aliphatic carbocycles. The Balaban J connectivity index is 1.56. The molecule has 2 aromatic carbocycles. The van der Waals surface area contributed by atoms with Gasteiger partial charge in [0.25, 0.3) is 0 Å². The lowest BCUT2D eigenvalue weighted by Gasteiger charge is -2.38. The van der Waals surface area contributed by atoms with Crippen molar-refractivity contribution in [2.75, 3.05) is 0 Å². The molecule has 0 saturated heterocycles. The molecule has 152 valence electrons. The molecule has 1 atom stereocenters. The van der Waals surface area contributed by atoms with E-state index in [9.17, 15) is 0 Å². The van der Waals surface area contributed by atoms with Gasteiger partial charge in [-0.1, -0.05) is 88.2 Å². The molecule has 1 N–H and O–H groups in total. The van der Waals surface area contributed by atoms with E-state index in [1.165, 1.54) is 59.9 Å². The van der Waals surface area contributed by atoms with Crippen molar-refractivity contribution >= 4 is 14.3 Å². The molecule has 1 unspecified atom stereocenters. The fraction of sp³-hybridized carbons (Fsp3) is 0.481. The topological polar surface area (TPSA) is 12.0 Å². The van der Waals surface area contributed by atoms with Gasteiger partial charge >= 0.3 is 0 Å². The number of benzene rings is 2. The second-order valence-electron chi connectivity index (χ2n) is 10.7. The quantitative estimate of drug-likeness (QED) is 0.538. The van der Waals surface area contributed by atoms with Gasteiger partial charge in [-0.15, -0.1) is 0 Å². The highest BCUT2D eigenvalue weighted by atomic mass is 28.3. The van der Waals surface area contributed by atoms with Gasteiger partial charge in [0, 0.05) is 17.0 Å². The van der Waals surface area contributed by atoms with Gasteiger partial charge in [0.05, 0.1) is 0 Å². The van der Waals surface area contributed by atoms with Gasteiger partial charge in [-0.05, 0) is 59.2 Å². The molecule has 0 heterocycles. The predicted molar refractivity (Wildman–Crippen MR) is 128 cm³/mol. The van der Waals surface area contributed by atoms with E-state index in [2.05, 4.69) is 81.3 Å². The molecule has 1 saturated carbocycles. The highest BCUT2D eigenvalue weighted by Gasteiger charge is 2.42. The zero-order valence-electron chi connectivity index (χ0n) is 18.7. The third-order valence-electron chi connectivity index (χ3n) is 7.84. The molecule has 0 aliphatic heterocycles. The minimum Gasteiger partial charge on any atom is -0.334 e. The summed E-state index contributed by atoms with van der Waals surface area (Å²) in [5.74, 6) is 0. The van der Waals surface area contributed by atoms with E-state index >= 15 is 0 Å². The van der Waals surface area contributed by atoms with Crippen LogP contribution in [-0.4, -0.2) is 14.3 Å². The minimum atomic E-state index is -1.65. The lowest BCUT2D eigenvalue weighted by molar-refractivity contribution is 0.412. The monoisotopic (exact) mass is 401 g/mol. The van der Waals surface area contributed by atoms with Crippen molar-refractivity contribution in [2.45, 2.75) is 83.0 Å². The first-order valence-electron chi connectivity index (χ1n) is 11.5. The molecule has 29 heavy (non-hydrogen) atoms. The SMILES string of the molecule is CC1=Cc2cc3c(cc2C1[Si](C)(C)NC1CCCCC1)C(C)(C)c1ccccc1-3. The Bertz CT molecular complexity index is 992. The molecule has 0 amide bonds. The van der Waals surface area contributed by atoms with Crippen molar-refractivity contribution in [3.8, 4) is 11.1 Å². The van der Waals surface area contributed by atoms with E-state index < -0.39 is 8.24 Å². The van der Waals surface area contributed by atoms with Crippen LogP contribution < -0.4 is 4.98 Å². The number of rotatable bonds is 3. The lowest BCUT2D eigenvalue weighted by Crippen LogP contribution is -2.55. The Labute approximate surface area is 177 Å². The lowest BCUT2D eigenvalue weighted by atomic mass is 9.81. The molecule has 0 radical (unpaired) electrons. The van der Waals surface area contributed by atoms with Crippen LogP contribution in [0.1, 0.15) is 80.7 Å². The highest BCUT2D eigenvalue weighted by molar-refractivity contribution is 6.77. The van der Waals surface area contributed by atoms with Gasteiger partial charge in [0.2, 0.25) is 0 Å². The molecule has 1 nitrogen and oxygen atoms in total. The number of nitrogens with one attached hydrogen (secondary N) is 1. The number of fused-ring (bicyclic) bond motifs is 4. The Hall–Kier alpha value is -1.64. The maximum Gasteiger partial charge on any atom is 0.131 e. The van der Waals surface area contributed by atoms with Crippen LogP contribution in [-0.2, 0) is 5.41 Å². The smallest absolute Gasteiger partial charge is 0.131 e. The largest absolute Gasteiger partial charge is 0.334 e. The first-order valence-corrected chi connectivity index (χ1v) is 14.6. The maximum atomic E-state index is 4.21. The number of hydrogen-bond donors (Lipinski definition) is 1. The van der Waals surface area contributed by atoms with E-state index in [4.69, 9.17) is 0 Å². The normalized spacial score (nSPS) is 22.8. The predicted octanol–water partition coefficient (Wildman–Crippen LogP) is 7.16. The summed E-state index contributed by atoms with van der Waals surface area (Å²) in [5, 5.41) is 0. The van der Waals surface area contributed by atoms with Gasteiger partial charge in [0.15, 0.2) is 0 Å². The van der Waals surface area contributed by atoms with Crippen molar-refractivity contribution in [3.05, 3.63) is 64.2 Å². The molecule has 1 fully saturated rings. The van der Waals surface area contributed by atoms with Crippen LogP contribution in [0.5, 0.6) is 0 Å². The Kier molecular flexibility index (Phi) is 4.45. The van der Waals surface area contributed by atoms with Gasteiger partial charge in [-0.3, -0.25) is 0 Å². The molecule has 5 rings (SSSR count). The number of hydrogen-bond acceptors (Lipinski definition) is 1. The zero-order valence-corrected chi connectivity index (χ0v) is 19.7. The highest BCUT2D eigenvalue weighted by Crippen LogP contribution is 2.52. The van der Waals surface area contributed by atoms with Crippen LogP contribution >= 0.6 is 0 Å². The third-order valence-corrected chi connectivity index (χ3v) is 11.2. The van der Waals surface area contributed by atoms with Crippen LogP contribution in [0.15, 0.2) is 42.0 Å². The van der Waals surface area contributed by atoms with Crippen LogP contribution in [0.4, 0.5) is 0 Å². The Morgan fingerprint density at radius 1 is 0.931 bits per heavy atom. The summed E-state index contributed by atoms with van der Waals surface area (Å²) in [6.07, 6.45) is 9.44. The standard InChI is InChI=1S/C27H35NSi/c1-18-15-19-16-23-21-13-9-10-14-24(21)27(2,3)25(23)17-22(19)26(18)29(4,5)28-20-11-7-6-8-12-20/h9-10,13-17,20,26,28H,6-8,11-12H2,1-5H3. The second-order valence-corrected chi connectivity index (χ2v) is 15.0. The first kappa shape index (κ1) is 19.3. The van der Waals surface area contributed by atoms with Crippen LogP contribution in [0.3, 0.4) is 0 Å². The summed E-state index contributed by atoms with van der Waals surface area (Å²) >= 11 is 0. The molecule has 2 aromatic rings. The maximum absolute atomic E-state index is 4.21. The van der Waals surface area contributed by atoms with E-state index in [1.54, 1.807) is 11.1 Å². The van der Waals surface area contributed by atoms with Crippen LogP contribution in [0.25, 0.3) is 17.2 Å². The minimum absolute atomic E-state index is 0.0878. The summed E-state index contributed by atoms with van der Waals surface area (Å²) in [6.45, 7) is 12.3. The fourth-order valence-corrected chi connectivity index (χ4v) is 10.3. The first-order chi connectivity index (χ1) is 13.8. The Morgan fingerprint density at radius 2 is 1.66 bits per heavy atom. The summed E-state index contributed by atoms with van der Waals surface area (Å²) < 4.78 is 0. The van der Waals surface area contributed by atoms with Crippen molar-refractivity contribution in [3.63, 3.8) is 0 Å². The van der Waals surface area contributed by atoms with Gasteiger partial charge in [-0.25, -0.2) is 0 Å². The summed E-state index contributed by atoms with van der Waals surface area (Å²) in [5.41, 5.74) is 11.2. The molecular formula is C27H35NSi.